The first kappa shape index (κ1) is 12.9. The molecule has 1 heterocycles. The zero-order valence-corrected chi connectivity index (χ0v) is 12.1. The molecule has 3 nitrogen and oxygen atoms in total. The number of nitrogens with zero attached hydrogens (tertiary/aromatic N) is 1. The summed E-state index contributed by atoms with van der Waals surface area (Å²) in [5.74, 6) is 1.81. The topological polar surface area (TPSA) is 24.5 Å². The van der Waals surface area contributed by atoms with Crippen molar-refractivity contribution in [3.05, 3.63) is 29.3 Å². The highest BCUT2D eigenvalue weighted by Gasteiger charge is 2.37. The molecule has 0 aromatic heterocycles. The lowest BCUT2D eigenvalue weighted by molar-refractivity contribution is 0.203. The van der Waals surface area contributed by atoms with Crippen molar-refractivity contribution in [2.75, 3.05) is 27.2 Å². The van der Waals surface area contributed by atoms with Gasteiger partial charge < -0.3 is 10.1 Å². The highest BCUT2D eigenvalue weighted by atomic mass is 16.5. The van der Waals surface area contributed by atoms with Crippen molar-refractivity contribution < 1.29 is 4.74 Å². The van der Waals surface area contributed by atoms with Crippen LogP contribution in [0.25, 0.3) is 0 Å². The minimum atomic E-state index is 0.440. The number of hydrogen-bond donors (Lipinski definition) is 1. The summed E-state index contributed by atoms with van der Waals surface area (Å²) >= 11 is 0. The van der Waals surface area contributed by atoms with Gasteiger partial charge in [-0.3, -0.25) is 4.90 Å². The predicted molar refractivity (Wildman–Crippen MR) is 77.6 cm³/mol. The second-order valence-corrected chi connectivity index (χ2v) is 5.99. The van der Waals surface area contributed by atoms with E-state index in [0.29, 0.717) is 12.1 Å². The molecule has 0 saturated carbocycles. The fraction of sp³-hybridized carbons (Fsp3) is 0.625. The lowest BCUT2D eigenvalue weighted by Crippen LogP contribution is -2.40. The highest BCUT2D eigenvalue weighted by Crippen LogP contribution is 2.38. The fourth-order valence-electron chi connectivity index (χ4n) is 3.68. The van der Waals surface area contributed by atoms with Gasteiger partial charge in [-0.05, 0) is 55.6 Å². The van der Waals surface area contributed by atoms with Crippen molar-refractivity contribution in [2.45, 2.75) is 31.8 Å². The highest BCUT2D eigenvalue weighted by molar-refractivity contribution is 5.42. The Kier molecular flexibility index (Phi) is 3.50. The first-order valence-corrected chi connectivity index (χ1v) is 7.31. The Bertz CT molecular complexity index is 460. The Morgan fingerprint density at radius 3 is 2.84 bits per heavy atom. The molecule has 19 heavy (non-hydrogen) atoms. The Morgan fingerprint density at radius 2 is 2.21 bits per heavy atom. The van der Waals surface area contributed by atoms with Crippen LogP contribution >= 0.6 is 0 Å². The summed E-state index contributed by atoms with van der Waals surface area (Å²) in [6, 6.07) is 7.57. The van der Waals surface area contributed by atoms with Crippen LogP contribution in [-0.2, 0) is 6.42 Å². The third kappa shape index (κ3) is 2.26. The summed E-state index contributed by atoms with van der Waals surface area (Å²) in [6.45, 7) is 4.85. The maximum atomic E-state index is 5.37. The van der Waals surface area contributed by atoms with Gasteiger partial charge in [0.15, 0.2) is 0 Å². The quantitative estimate of drug-likeness (QED) is 0.902. The van der Waals surface area contributed by atoms with Gasteiger partial charge in [-0.2, -0.15) is 0 Å². The van der Waals surface area contributed by atoms with Crippen LogP contribution in [0.5, 0.6) is 5.75 Å². The standard InChI is InChI=1S/C16H24N2O/c1-11-6-7-18(10-11)15-8-12-4-5-13(19-3)9-14(12)16(15)17-2/h4-5,9,11,15-17H,6-8,10H2,1-3H3. The van der Waals surface area contributed by atoms with Crippen molar-refractivity contribution in [1.29, 1.82) is 0 Å². The molecular formula is C16H24N2O. The second-order valence-electron chi connectivity index (χ2n) is 5.99. The third-order valence-corrected chi connectivity index (χ3v) is 4.74. The van der Waals surface area contributed by atoms with Crippen LogP contribution in [0.15, 0.2) is 18.2 Å². The molecule has 0 amide bonds. The van der Waals surface area contributed by atoms with E-state index >= 15 is 0 Å². The maximum Gasteiger partial charge on any atom is 0.119 e. The van der Waals surface area contributed by atoms with Crippen LogP contribution in [0.2, 0.25) is 0 Å². The molecule has 1 aliphatic heterocycles. The number of methoxy groups -OCH3 is 1. The number of hydrogen-bond acceptors (Lipinski definition) is 3. The van der Waals surface area contributed by atoms with Gasteiger partial charge >= 0.3 is 0 Å². The van der Waals surface area contributed by atoms with Gasteiger partial charge in [-0.25, -0.2) is 0 Å². The van der Waals surface area contributed by atoms with Gasteiger partial charge in [-0.15, -0.1) is 0 Å². The molecule has 1 N–H and O–H groups in total. The number of fused-ring (bicyclic) bond motifs is 1. The van der Waals surface area contributed by atoms with Gasteiger partial charge in [0, 0.05) is 18.6 Å². The number of rotatable bonds is 3. The van der Waals surface area contributed by atoms with Gasteiger partial charge in [-0.1, -0.05) is 13.0 Å². The van der Waals surface area contributed by atoms with Gasteiger partial charge in [0.1, 0.15) is 5.75 Å². The van der Waals surface area contributed by atoms with E-state index in [4.69, 9.17) is 4.74 Å². The number of benzene rings is 1. The van der Waals surface area contributed by atoms with Crippen LogP contribution in [0.3, 0.4) is 0 Å². The van der Waals surface area contributed by atoms with Gasteiger partial charge in [0.2, 0.25) is 0 Å². The van der Waals surface area contributed by atoms with Crippen LogP contribution < -0.4 is 10.1 Å². The van der Waals surface area contributed by atoms with E-state index in [1.165, 1.54) is 30.6 Å². The zero-order valence-electron chi connectivity index (χ0n) is 12.1. The molecule has 3 rings (SSSR count). The van der Waals surface area contributed by atoms with Gasteiger partial charge in [0.05, 0.1) is 7.11 Å². The predicted octanol–water partition coefficient (Wildman–Crippen LogP) is 2.22. The molecule has 0 bridgehead atoms. The third-order valence-electron chi connectivity index (χ3n) is 4.74. The molecule has 104 valence electrons. The molecule has 0 radical (unpaired) electrons. The van der Waals surface area contributed by atoms with Crippen LogP contribution in [-0.4, -0.2) is 38.2 Å². The summed E-state index contributed by atoms with van der Waals surface area (Å²) in [5, 5.41) is 3.52. The van der Waals surface area contributed by atoms with Crippen molar-refractivity contribution >= 4 is 0 Å². The Morgan fingerprint density at radius 1 is 1.37 bits per heavy atom. The summed E-state index contributed by atoms with van der Waals surface area (Å²) in [7, 11) is 3.82. The largest absolute Gasteiger partial charge is 0.497 e. The molecule has 3 heteroatoms. The summed E-state index contributed by atoms with van der Waals surface area (Å²) in [6.07, 6.45) is 2.50. The summed E-state index contributed by atoms with van der Waals surface area (Å²) in [4.78, 5) is 2.66. The van der Waals surface area contributed by atoms with Gasteiger partial charge in [0.25, 0.3) is 0 Å². The molecule has 3 atom stereocenters. The van der Waals surface area contributed by atoms with Crippen LogP contribution in [0.1, 0.15) is 30.5 Å². The van der Waals surface area contributed by atoms with E-state index in [2.05, 4.69) is 42.4 Å². The van der Waals surface area contributed by atoms with E-state index in [0.717, 1.165) is 18.1 Å². The van der Waals surface area contributed by atoms with Crippen molar-refractivity contribution in [3.63, 3.8) is 0 Å². The number of likely N-dealkylation sites (tertiary alicyclic amines) is 1. The molecule has 0 spiro atoms. The van der Waals surface area contributed by atoms with E-state index in [1.54, 1.807) is 7.11 Å². The monoisotopic (exact) mass is 260 g/mol. The smallest absolute Gasteiger partial charge is 0.119 e. The zero-order chi connectivity index (χ0) is 13.4. The summed E-state index contributed by atoms with van der Waals surface area (Å²) in [5.41, 5.74) is 2.90. The van der Waals surface area contributed by atoms with E-state index in [1.807, 2.05) is 0 Å². The number of likely N-dealkylation sites (N-methyl/N-ethyl adjacent to an activating group) is 1. The molecule has 2 aliphatic rings. The minimum Gasteiger partial charge on any atom is -0.497 e. The van der Waals surface area contributed by atoms with Crippen LogP contribution in [0, 0.1) is 5.92 Å². The Labute approximate surface area is 115 Å². The second kappa shape index (κ2) is 5.14. The number of ether oxygens (including phenoxy) is 1. The van der Waals surface area contributed by atoms with Crippen molar-refractivity contribution in [2.24, 2.45) is 5.92 Å². The molecular weight excluding hydrogens is 236 g/mol. The Hall–Kier alpha value is -1.06. The fourth-order valence-corrected chi connectivity index (χ4v) is 3.68. The van der Waals surface area contributed by atoms with Crippen molar-refractivity contribution in [3.8, 4) is 5.75 Å². The number of nitrogens with one attached hydrogen (secondary N) is 1. The molecule has 1 aliphatic carbocycles. The van der Waals surface area contributed by atoms with Crippen molar-refractivity contribution in [1.82, 2.24) is 10.2 Å². The normalized spacial score (nSPS) is 30.6. The lowest BCUT2D eigenvalue weighted by Gasteiger charge is -2.29. The average Bonchev–Trinajstić information content (AvgIpc) is 3.00. The summed E-state index contributed by atoms with van der Waals surface area (Å²) < 4.78 is 5.37. The lowest BCUT2D eigenvalue weighted by atomic mass is 10.1. The first-order chi connectivity index (χ1) is 9.22. The Balaban J connectivity index is 1.86. The molecule has 1 aromatic carbocycles. The maximum absolute atomic E-state index is 5.37. The van der Waals surface area contributed by atoms with E-state index in [9.17, 15) is 0 Å². The molecule has 1 aromatic rings. The van der Waals surface area contributed by atoms with E-state index < -0.39 is 0 Å². The molecule has 1 saturated heterocycles. The molecule has 3 unspecified atom stereocenters. The SMILES string of the molecule is CNC1c2cc(OC)ccc2CC1N1CCC(C)C1. The first-order valence-electron chi connectivity index (χ1n) is 7.31. The van der Waals surface area contributed by atoms with E-state index in [-0.39, 0.29) is 0 Å². The molecule has 1 fully saturated rings. The average molecular weight is 260 g/mol. The van der Waals surface area contributed by atoms with Crippen LogP contribution in [0.4, 0.5) is 0 Å². The minimum absolute atomic E-state index is 0.440.